The third-order valence-electron chi connectivity index (χ3n) is 5.17. The number of amides is 2. The number of Topliss-reactive ketones (excluding diaryl/α,β-unsaturated/α-hetero) is 1. The Hall–Kier alpha value is -3.51. The molecule has 0 spiro atoms. The zero-order valence-corrected chi connectivity index (χ0v) is 19.7. The van der Waals surface area contributed by atoms with E-state index in [-0.39, 0.29) is 11.3 Å². The van der Waals surface area contributed by atoms with Crippen LogP contribution in [0.1, 0.15) is 58.5 Å². The van der Waals surface area contributed by atoms with Gasteiger partial charge in [0.2, 0.25) is 0 Å². The highest BCUT2D eigenvalue weighted by Gasteiger charge is 2.25. The summed E-state index contributed by atoms with van der Waals surface area (Å²) in [5.74, 6) is 4.62. The van der Waals surface area contributed by atoms with Crippen LogP contribution in [0.5, 0.6) is 0 Å². The number of ketones is 1. The van der Waals surface area contributed by atoms with Gasteiger partial charge in [-0.05, 0) is 63.3 Å². The second kappa shape index (κ2) is 13.3. The van der Waals surface area contributed by atoms with E-state index in [0.29, 0.717) is 17.7 Å². The molecular weight excluding hydrogens is 434 g/mol. The number of aliphatic hydroxyl groups is 1. The maximum Gasteiger partial charge on any atom is 0.268 e. The number of hydrogen-bond donors (Lipinski definition) is 4. The van der Waals surface area contributed by atoms with Crippen molar-refractivity contribution in [3.8, 4) is 11.8 Å². The fourth-order valence-corrected chi connectivity index (χ4v) is 3.13. The topological polar surface area (TPSA) is 119 Å². The van der Waals surface area contributed by atoms with Crippen molar-refractivity contribution in [3.05, 3.63) is 70.8 Å². The Labute approximate surface area is 199 Å². The van der Waals surface area contributed by atoms with Gasteiger partial charge in [0.15, 0.2) is 5.78 Å². The molecule has 8 heteroatoms. The van der Waals surface area contributed by atoms with Crippen LogP contribution < -0.4 is 10.8 Å². The fraction of sp³-hybridized carbons (Fsp3) is 0.346. The molecule has 4 N–H and O–H groups in total. The Morgan fingerprint density at radius 2 is 1.50 bits per heavy atom. The quantitative estimate of drug-likeness (QED) is 0.184. The van der Waals surface area contributed by atoms with Gasteiger partial charge in [0.05, 0.1) is 12.6 Å². The lowest BCUT2D eigenvalue weighted by molar-refractivity contribution is -0.133. The molecule has 0 heterocycles. The number of hydroxylamine groups is 1. The second-order valence-corrected chi connectivity index (χ2v) is 8.09. The molecule has 0 radical (unpaired) electrons. The summed E-state index contributed by atoms with van der Waals surface area (Å²) in [7, 11) is 1.94. The van der Waals surface area contributed by atoms with Crippen LogP contribution in [0, 0.1) is 11.8 Å². The number of benzene rings is 2. The first-order chi connectivity index (χ1) is 16.2. The highest BCUT2D eigenvalue weighted by atomic mass is 16.5. The Morgan fingerprint density at radius 3 is 1.97 bits per heavy atom. The summed E-state index contributed by atoms with van der Waals surface area (Å²) in [6.07, 6.45) is 0.965. The van der Waals surface area contributed by atoms with Crippen molar-refractivity contribution in [1.82, 2.24) is 15.7 Å². The SMILES string of the molecule is CCCCN(C)CC(=O)c1ccc(C#Cc2ccc(C(=O)N[C@H](C(=O)NO)[C@@H](C)O)cc2)cc1. The summed E-state index contributed by atoms with van der Waals surface area (Å²) < 4.78 is 0. The molecule has 0 aliphatic carbocycles. The number of aliphatic hydroxyl groups excluding tert-OH is 1. The number of nitrogens with one attached hydrogen (secondary N) is 2. The lowest BCUT2D eigenvalue weighted by Crippen LogP contribution is -2.51. The fourth-order valence-electron chi connectivity index (χ4n) is 3.13. The Balaban J connectivity index is 1.99. The largest absolute Gasteiger partial charge is 0.391 e. The summed E-state index contributed by atoms with van der Waals surface area (Å²) in [5, 5.41) is 20.7. The molecule has 34 heavy (non-hydrogen) atoms. The molecule has 0 aliphatic heterocycles. The summed E-state index contributed by atoms with van der Waals surface area (Å²) in [6.45, 7) is 4.72. The molecule has 2 rings (SSSR count). The first-order valence-electron chi connectivity index (χ1n) is 11.1. The molecule has 0 aliphatic rings. The molecule has 0 aromatic heterocycles. The monoisotopic (exact) mass is 465 g/mol. The molecule has 0 unspecified atom stereocenters. The lowest BCUT2D eigenvalue weighted by atomic mass is 10.1. The maximum absolute atomic E-state index is 12.4. The summed E-state index contributed by atoms with van der Waals surface area (Å²) in [4.78, 5) is 38.3. The van der Waals surface area contributed by atoms with E-state index in [4.69, 9.17) is 5.21 Å². The van der Waals surface area contributed by atoms with Crippen molar-refractivity contribution in [1.29, 1.82) is 0 Å². The van der Waals surface area contributed by atoms with Crippen LogP contribution in [0.25, 0.3) is 0 Å². The van der Waals surface area contributed by atoms with Crippen molar-refractivity contribution in [2.24, 2.45) is 0 Å². The van der Waals surface area contributed by atoms with E-state index in [9.17, 15) is 19.5 Å². The molecule has 2 aromatic carbocycles. The molecule has 8 nitrogen and oxygen atoms in total. The molecule has 0 fully saturated rings. The zero-order valence-electron chi connectivity index (χ0n) is 19.7. The lowest BCUT2D eigenvalue weighted by Gasteiger charge is -2.19. The average molecular weight is 466 g/mol. The average Bonchev–Trinajstić information content (AvgIpc) is 2.84. The normalized spacial score (nSPS) is 12.3. The van der Waals surface area contributed by atoms with Crippen molar-refractivity contribution < 1.29 is 24.7 Å². The van der Waals surface area contributed by atoms with Gasteiger partial charge in [-0.2, -0.15) is 0 Å². The van der Waals surface area contributed by atoms with Crippen LogP contribution in [0.4, 0.5) is 0 Å². The zero-order chi connectivity index (χ0) is 25.1. The van der Waals surface area contributed by atoms with E-state index < -0.39 is 24.0 Å². The van der Waals surface area contributed by atoms with Gasteiger partial charge in [0.25, 0.3) is 11.8 Å². The van der Waals surface area contributed by atoms with E-state index >= 15 is 0 Å². The predicted molar refractivity (Wildman–Crippen MR) is 128 cm³/mol. The molecule has 0 saturated carbocycles. The Bertz CT molecular complexity index is 1040. The smallest absolute Gasteiger partial charge is 0.268 e. The highest BCUT2D eigenvalue weighted by Crippen LogP contribution is 2.08. The van der Waals surface area contributed by atoms with Gasteiger partial charge >= 0.3 is 0 Å². The number of rotatable bonds is 10. The Morgan fingerprint density at radius 1 is 0.971 bits per heavy atom. The van der Waals surface area contributed by atoms with Crippen LogP contribution >= 0.6 is 0 Å². The number of carbonyl (C=O) groups is 3. The number of carbonyl (C=O) groups excluding carboxylic acids is 3. The van der Waals surface area contributed by atoms with Crippen molar-refractivity contribution in [3.63, 3.8) is 0 Å². The molecular formula is C26H31N3O5. The van der Waals surface area contributed by atoms with Crippen LogP contribution in [0.2, 0.25) is 0 Å². The van der Waals surface area contributed by atoms with E-state index in [2.05, 4.69) is 24.1 Å². The number of likely N-dealkylation sites (N-methyl/N-ethyl adjacent to an activating group) is 1. The first kappa shape index (κ1) is 26.7. The molecule has 2 amide bonds. The minimum Gasteiger partial charge on any atom is -0.391 e. The van der Waals surface area contributed by atoms with E-state index in [0.717, 1.165) is 24.9 Å². The van der Waals surface area contributed by atoms with Gasteiger partial charge in [-0.25, -0.2) is 5.48 Å². The van der Waals surface area contributed by atoms with Gasteiger partial charge in [-0.1, -0.05) is 37.3 Å². The van der Waals surface area contributed by atoms with Gasteiger partial charge in [-0.3, -0.25) is 24.5 Å². The van der Waals surface area contributed by atoms with E-state index in [1.54, 1.807) is 48.5 Å². The molecule has 180 valence electrons. The summed E-state index contributed by atoms with van der Waals surface area (Å²) in [5.41, 5.74) is 3.77. The molecule has 0 saturated heterocycles. The summed E-state index contributed by atoms with van der Waals surface area (Å²) >= 11 is 0. The third-order valence-corrected chi connectivity index (χ3v) is 5.17. The number of hydrogen-bond acceptors (Lipinski definition) is 6. The van der Waals surface area contributed by atoms with Gasteiger partial charge in [-0.15, -0.1) is 0 Å². The van der Waals surface area contributed by atoms with Crippen LogP contribution in [0.3, 0.4) is 0 Å². The van der Waals surface area contributed by atoms with E-state index in [1.807, 2.05) is 11.9 Å². The molecule has 2 atom stereocenters. The Kier molecular flexibility index (Phi) is 10.4. The standard InChI is InChI=1S/C26H31N3O5/c1-4-5-16-29(3)17-23(31)21-12-8-19(9-13-21)6-7-20-10-14-22(15-11-20)25(32)27-24(18(2)30)26(33)28-34/h8-15,18,24,30,34H,4-5,16-17H2,1-3H3,(H,27,32)(H,28,33)/t18-,24+/m1/s1. The minimum absolute atomic E-state index is 0.0706. The molecule has 2 aromatic rings. The summed E-state index contributed by atoms with van der Waals surface area (Å²) in [6, 6.07) is 12.3. The second-order valence-electron chi connectivity index (χ2n) is 8.09. The van der Waals surface area contributed by atoms with Gasteiger partial charge in [0, 0.05) is 22.3 Å². The van der Waals surface area contributed by atoms with E-state index in [1.165, 1.54) is 12.4 Å². The maximum atomic E-state index is 12.4. The van der Waals surface area contributed by atoms with Crippen LogP contribution in [-0.4, -0.2) is 65.1 Å². The number of unbranched alkanes of at least 4 members (excludes halogenated alkanes) is 1. The number of nitrogens with zero attached hydrogens (tertiary/aromatic N) is 1. The van der Waals surface area contributed by atoms with Crippen molar-refractivity contribution in [2.45, 2.75) is 38.8 Å². The predicted octanol–water partition coefficient (Wildman–Crippen LogP) is 1.99. The third kappa shape index (κ3) is 8.12. The first-order valence-corrected chi connectivity index (χ1v) is 11.1. The molecule has 0 bridgehead atoms. The minimum atomic E-state index is -1.29. The van der Waals surface area contributed by atoms with Crippen LogP contribution in [-0.2, 0) is 4.79 Å². The van der Waals surface area contributed by atoms with Crippen molar-refractivity contribution in [2.75, 3.05) is 20.1 Å². The van der Waals surface area contributed by atoms with Crippen LogP contribution in [0.15, 0.2) is 48.5 Å². The highest BCUT2D eigenvalue weighted by molar-refractivity contribution is 5.98. The van der Waals surface area contributed by atoms with Gasteiger partial charge in [0.1, 0.15) is 6.04 Å². The van der Waals surface area contributed by atoms with Crippen molar-refractivity contribution >= 4 is 17.6 Å². The van der Waals surface area contributed by atoms with Gasteiger partial charge < -0.3 is 10.4 Å².